The quantitative estimate of drug-likeness (QED) is 0.0680. The average Bonchev–Trinajstić information content (AvgIpc) is 3.08. The van der Waals surface area contributed by atoms with Crippen molar-refractivity contribution in [2.24, 2.45) is 5.92 Å². The van der Waals surface area contributed by atoms with E-state index in [4.69, 9.17) is 14.2 Å². The first-order valence-corrected chi connectivity index (χ1v) is 17.4. The third-order valence-corrected chi connectivity index (χ3v) is 6.52. The molecule has 2 amide bonds. The molecule has 0 bridgehead atoms. The second kappa shape index (κ2) is 30.7. The van der Waals surface area contributed by atoms with Crippen LogP contribution in [0.1, 0.15) is 79.5 Å². The van der Waals surface area contributed by atoms with E-state index in [0.717, 1.165) is 12.1 Å². The Balaban J connectivity index is 0. The SMILES string of the molecule is C=CNC(C)COCC(C)NC=C.C=CNC(C)COCC(C)NC=C.CNC(=O)c1cc(C(=O)NC(C)COCC(C)C)c(C(=O)O)cc1OC=O. The molecule has 5 unspecified atom stereocenters. The average molecular weight is 749 g/mol. The monoisotopic (exact) mass is 748 g/mol. The number of amides is 2. The highest BCUT2D eigenvalue weighted by Crippen LogP contribution is 2.24. The van der Waals surface area contributed by atoms with Crippen LogP contribution >= 0.6 is 0 Å². The van der Waals surface area contributed by atoms with E-state index in [1.807, 2.05) is 41.5 Å². The van der Waals surface area contributed by atoms with E-state index in [1.165, 1.54) is 7.05 Å². The van der Waals surface area contributed by atoms with E-state index in [2.05, 4.69) is 63.0 Å². The lowest BCUT2D eigenvalue weighted by Crippen LogP contribution is -2.37. The Morgan fingerprint density at radius 1 is 0.623 bits per heavy atom. The number of hydrogen-bond acceptors (Lipinski definition) is 12. The molecule has 15 heteroatoms. The van der Waals surface area contributed by atoms with E-state index < -0.39 is 23.3 Å². The van der Waals surface area contributed by atoms with Crippen molar-refractivity contribution in [3.05, 3.63) is 79.9 Å². The van der Waals surface area contributed by atoms with Gasteiger partial charge in [-0.15, -0.1) is 0 Å². The first kappa shape index (κ1) is 50.2. The fraction of sp³-hybridized carbons (Fsp3) is 0.526. The number of carbonyl (C=O) groups is 4. The van der Waals surface area contributed by atoms with Crippen LogP contribution in [-0.4, -0.2) is 106 Å². The van der Waals surface area contributed by atoms with Crippen LogP contribution in [0.5, 0.6) is 5.75 Å². The van der Waals surface area contributed by atoms with Crippen LogP contribution in [-0.2, 0) is 19.0 Å². The van der Waals surface area contributed by atoms with Crippen molar-refractivity contribution in [3.8, 4) is 5.75 Å². The summed E-state index contributed by atoms with van der Waals surface area (Å²) in [5.74, 6) is -2.64. The topological polar surface area (TPSA) is 198 Å². The third-order valence-electron chi connectivity index (χ3n) is 6.52. The van der Waals surface area contributed by atoms with Crippen LogP contribution in [0.2, 0.25) is 0 Å². The zero-order valence-electron chi connectivity index (χ0n) is 32.8. The molecule has 53 heavy (non-hydrogen) atoms. The van der Waals surface area contributed by atoms with Gasteiger partial charge in [0.2, 0.25) is 0 Å². The summed E-state index contributed by atoms with van der Waals surface area (Å²) >= 11 is 0. The lowest BCUT2D eigenvalue weighted by atomic mass is 10.0. The van der Waals surface area contributed by atoms with Gasteiger partial charge in [0.15, 0.2) is 0 Å². The summed E-state index contributed by atoms with van der Waals surface area (Å²) in [6.07, 6.45) is 6.72. The molecule has 7 N–H and O–H groups in total. The van der Waals surface area contributed by atoms with E-state index in [1.54, 1.807) is 31.7 Å². The number of nitrogens with one attached hydrogen (secondary N) is 6. The maximum absolute atomic E-state index is 12.5. The molecule has 0 heterocycles. The Labute approximate surface area is 316 Å². The van der Waals surface area contributed by atoms with Crippen molar-refractivity contribution in [2.75, 3.05) is 46.7 Å². The Hall–Kier alpha value is -4.86. The smallest absolute Gasteiger partial charge is 0.336 e. The van der Waals surface area contributed by atoms with Gasteiger partial charge in [-0.2, -0.15) is 0 Å². The Bertz CT molecular complexity index is 1190. The number of rotatable bonds is 26. The number of aromatic carboxylic acids is 1. The van der Waals surface area contributed by atoms with Crippen molar-refractivity contribution < 1.29 is 43.2 Å². The molecule has 0 aliphatic carbocycles. The molecule has 300 valence electrons. The van der Waals surface area contributed by atoms with Gasteiger partial charge in [0.25, 0.3) is 18.3 Å². The summed E-state index contributed by atoms with van der Waals surface area (Å²) in [5, 5.41) is 26.6. The van der Waals surface area contributed by atoms with E-state index in [-0.39, 0.29) is 36.0 Å². The highest BCUT2D eigenvalue weighted by Gasteiger charge is 2.24. The van der Waals surface area contributed by atoms with Crippen LogP contribution < -0.4 is 36.6 Å². The first-order chi connectivity index (χ1) is 25.1. The van der Waals surface area contributed by atoms with Crippen LogP contribution in [0.3, 0.4) is 0 Å². The van der Waals surface area contributed by atoms with Crippen LogP contribution in [0, 0.1) is 5.92 Å². The fourth-order valence-corrected chi connectivity index (χ4v) is 4.07. The normalized spacial score (nSPS) is 12.9. The molecule has 0 fully saturated rings. The summed E-state index contributed by atoms with van der Waals surface area (Å²) in [7, 11) is 1.35. The molecule has 0 saturated carbocycles. The molecule has 1 rings (SSSR count). The lowest BCUT2D eigenvalue weighted by Gasteiger charge is -2.17. The second-order valence-corrected chi connectivity index (χ2v) is 12.5. The molecule has 5 atom stereocenters. The maximum Gasteiger partial charge on any atom is 0.336 e. The molecular formula is C38H64N6O9. The summed E-state index contributed by atoms with van der Waals surface area (Å²) in [6, 6.07) is 2.92. The molecule has 0 spiro atoms. The molecule has 1 aromatic rings. The van der Waals surface area contributed by atoms with Crippen LogP contribution in [0.25, 0.3) is 0 Å². The third kappa shape index (κ3) is 24.9. The van der Waals surface area contributed by atoms with Gasteiger partial charge in [-0.05, 0) is 77.5 Å². The number of carboxylic acids is 1. The molecule has 1 aromatic carbocycles. The summed E-state index contributed by atoms with van der Waals surface area (Å²) in [6.45, 7) is 31.8. The predicted octanol–water partition coefficient (Wildman–Crippen LogP) is 3.56. The van der Waals surface area contributed by atoms with Gasteiger partial charge in [-0.3, -0.25) is 14.4 Å². The van der Waals surface area contributed by atoms with E-state index in [0.29, 0.717) is 63.1 Å². The zero-order valence-corrected chi connectivity index (χ0v) is 32.8. The van der Waals surface area contributed by atoms with Crippen LogP contribution in [0.15, 0.2) is 63.2 Å². The predicted molar refractivity (Wildman–Crippen MR) is 209 cm³/mol. The van der Waals surface area contributed by atoms with Crippen molar-refractivity contribution in [1.29, 1.82) is 0 Å². The number of ether oxygens (including phenoxy) is 4. The number of benzene rings is 1. The summed E-state index contributed by atoms with van der Waals surface area (Å²) in [5.41, 5.74) is -0.758. The van der Waals surface area contributed by atoms with E-state index >= 15 is 0 Å². The number of hydrogen-bond donors (Lipinski definition) is 7. The molecule has 0 aromatic heterocycles. The molecular weight excluding hydrogens is 684 g/mol. The molecule has 0 saturated heterocycles. The molecule has 15 nitrogen and oxygen atoms in total. The summed E-state index contributed by atoms with van der Waals surface area (Å²) < 4.78 is 21.0. The molecule has 0 radical (unpaired) electrons. The second-order valence-electron chi connectivity index (χ2n) is 12.5. The van der Waals surface area contributed by atoms with Gasteiger partial charge in [0, 0.05) is 43.9 Å². The van der Waals surface area contributed by atoms with Gasteiger partial charge in [0.05, 0.1) is 49.7 Å². The Morgan fingerprint density at radius 3 is 1.36 bits per heavy atom. The fourth-order valence-electron chi connectivity index (χ4n) is 4.07. The van der Waals surface area contributed by atoms with Gasteiger partial charge < -0.3 is 56.0 Å². The van der Waals surface area contributed by atoms with Crippen molar-refractivity contribution >= 4 is 24.3 Å². The Kier molecular flexibility index (Phi) is 29.1. The standard InChI is InChI=1S/C18H24N2O7.2C10H20N2O/c1-10(2)7-26-8-11(3)20-17(23)12-5-14(16(22)19-4)15(27-9-21)6-13(12)18(24)25;2*1-5-11-9(3)7-13-8-10(4)12-6-2/h5-6,9-11H,7-8H2,1-4H3,(H,19,22)(H,20,23)(H,24,25);2*5-6,9-12H,1-2,7-8H2,3-4H3. The first-order valence-electron chi connectivity index (χ1n) is 17.4. The highest BCUT2D eigenvalue weighted by atomic mass is 16.5. The van der Waals surface area contributed by atoms with Crippen molar-refractivity contribution in [3.63, 3.8) is 0 Å². The summed E-state index contributed by atoms with van der Waals surface area (Å²) in [4.78, 5) is 46.7. The Morgan fingerprint density at radius 2 is 1.02 bits per heavy atom. The minimum Gasteiger partial charge on any atom is -0.478 e. The van der Waals surface area contributed by atoms with Crippen molar-refractivity contribution in [2.45, 2.75) is 78.7 Å². The number of carboxylic acid groups (broad SMARTS) is 1. The van der Waals surface area contributed by atoms with Gasteiger partial charge >= 0.3 is 5.97 Å². The molecule has 0 aliphatic rings. The maximum atomic E-state index is 12.5. The lowest BCUT2D eigenvalue weighted by molar-refractivity contribution is -0.120. The van der Waals surface area contributed by atoms with Gasteiger partial charge in [-0.25, -0.2) is 4.79 Å². The van der Waals surface area contributed by atoms with E-state index in [9.17, 15) is 24.3 Å². The van der Waals surface area contributed by atoms with Gasteiger partial charge in [-0.1, -0.05) is 40.2 Å². The highest BCUT2D eigenvalue weighted by molar-refractivity contribution is 6.08. The molecule has 0 aliphatic heterocycles. The number of carbonyl (C=O) groups excluding carboxylic acids is 3. The van der Waals surface area contributed by atoms with Crippen LogP contribution in [0.4, 0.5) is 0 Å². The minimum atomic E-state index is -1.40. The minimum absolute atomic E-state index is 0.0707. The van der Waals surface area contributed by atoms with Crippen molar-refractivity contribution in [1.82, 2.24) is 31.9 Å². The largest absolute Gasteiger partial charge is 0.478 e. The van der Waals surface area contributed by atoms with Gasteiger partial charge in [0.1, 0.15) is 5.75 Å². The zero-order chi connectivity index (χ0) is 40.8.